The minimum Gasteiger partial charge on any atom is -0.470 e. The molecule has 0 fully saturated rings. The minimum atomic E-state index is -0.378. The smallest absolute Gasteiger partial charge is 0.368 e. The molecule has 0 aliphatic carbocycles. The number of ether oxygens (including phenoxy) is 1. The zero-order chi connectivity index (χ0) is 21.5. The quantitative estimate of drug-likeness (QED) is 0.484. The molecule has 30 heavy (non-hydrogen) atoms. The molecule has 0 saturated heterocycles. The summed E-state index contributed by atoms with van der Waals surface area (Å²) >= 11 is 1.40. The maximum Gasteiger partial charge on any atom is 0.368 e. The number of benzene rings is 1. The van der Waals surface area contributed by atoms with Gasteiger partial charge in [-0.05, 0) is 55.5 Å². The number of rotatable bonds is 5. The SMILES string of the molecule is Cn1nnn(-c2cnn(C(C)(C)C)c2COc2csc(-c3ccc(F)cc3)n2)c1=O. The van der Waals surface area contributed by atoms with E-state index < -0.39 is 0 Å². The van der Waals surface area contributed by atoms with Gasteiger partial charge in [-0.2, -0.15) is 14.5 Å². The zero-order valence-electron chi connectivity index (χ0n) is 16.9. The Morgan fingerprint density at radius 3 is 2.53 bits per heavy atom. The highest BCUT2D eigenvalue weighted by Gasteiger charge is 2.24. The minimum absolute atomic E-state index is 0.127. The van der Waals surface area contributed by atoms with Crippen LogP contribution in [-0.2, 0) is 19.2 Å². The first kappa shape index (κ1) is 20.0. The van der Waals surface area contributed by atoms with Crippen LogP contribution in [-0.4, -0.2) is 34.6 Å². The van der Waals surface area contributed by atoms with Crippen LogP contribution in [0.3, 0.4) is 0 Å². The Bertz CT molecular complexity index is 1230. The van der Waals surface area contributed by atoms with Gasteiger partial charge >= 0.3 is 5.69 Å². The van der Waals surface area contributed by atoms with Crippen LogP contribution in [0.4, 0.5) is 4.39 Å². The predicted octanol–water partition coefficient (Wildman–Crippen LogP) is 2.76. The maximum absolute atomic E-state index is 13.1. The third-order valence-electron chi connectivity index (χ3n) is 4.36. The van der Waals surface area contributed by atoms with E-state index >= 15 is 0 Å². The first-order valence-corrected chi connectivity index (χ1v) is 10.0. The largest absolute Gasteiger partial charge is 0.470 e. The molecular weight excluding hydrogens is 409 g/mol. The molecule has 0 spiro atoms. The summed E-state index contributed by atoms with van der Waals surface area (Å²) < 4.78 is 23.2. The average molecular weight is 429 g/mol. The van der Waals surface area contributed by atoms with Crippen LogP contribution >= 0.6 is 11.3 Å². The number of aryl methyl sites for hydroxylation is 1. The highest BCUT2D eigenvalue weighted by Crippen LogP contribution is 2.28. The Kier molecular flexibility index (Phi) is 4.98. The predicted molar refractivity (Wildman–Crippen MR) is 109 cm³/mol. The Labute approximate surface area is 175 Å². The van der Waals surface area contributed by atoms with Gasteiger partial charge in [-0.15, -0.1) is 11.3 Å². The topological polar surface area (TPSA) is 92.7 Å². The fraction of sp³-hybridized carbons (Fsp3) is 0.316. The number of halogens is 1. The summed E-state index contributed by atoms with van der Waals surface area (Å²) in [7, 11) is 1.53. The van der Waals surface area contributed by atoms with Crippen molar-refractivity contribution in [2.24, 2.45) is 7.05 Å². The van der Waals surface area contributed by atoms with Crippen LogP contribution < -0.4 is 10.4 Å². The van der Waals surface area contributed by atoms with Gasteiger partial charge in [0.1, 0.15) is 28.8 Å². The van der Waals surface area contributed by atoms with Gasteiger partial charge in [0.2, 0.25) is 5.88 Å². The van der Waals surface area contributed by atoms with Gasteiger partial charge in [0.05, 0.1) is 17.1 Å². The molecule has 0 radical (unpaired) electrons. The summed E-state index contributed by atoms with van der Waals surface area (Å²) in [5.41, 5.74) is 1.25. The lowest BCUT2D eigenvalue weighted by Crippen LogP contribution is -2.28. The lowest BCUT2D eigenvalue weighted by molar-refractivity contribution is 0.258. The van der Waals surface area contributed by atoms with Gasteiger partial charge in [-0.3, -0.25) is 4.68 Å². The van der Waals surface area contributed by atoms with Crippen molar-refractivity contribution in [3.8, 4) is 22.1 Å². The summed E-state index contributed by atoms with van der Waals surface area (Å²) in [6.45, 7) is 6.13. The molecule has 11 heteroatoms. The summed E-state index contributed by atoms with van der Waals surface area (Å²) in [5.74, 6) is 0.132. The Morgan fingerprint density at radius 1 is 1.17 bits per heavy atom. The normalized spacial score (nSPS) is 11.8. The Balaban J connectivity index is 1.63. The molecule has 0 saturated carbocycles. The van der Waals surface area contributed by atoms with Gasteiger partial charge in [0, 0.05) is 12.6 Å². The highest BCUT2D eigenvalue weighted by molar-refractivity contribution is 7.13. The first-order valence-electron chi connectivity index (χ1n) is 9.15. The zero-order valence-corrected chi connectivity index (χ0v) is 17.7. The van der Waals surface area contributed by atoms with E-state index in [1.54, 1.807) is 28.4 Å². The van der Waals surface area contributed by atoms with E-state index in [4.69, 9.17) is 4.74 Å². The van der Waals surface area contributed by atoms with Gasteiger partial charge in [0.25, 0.3) is 0 Å². The van der Waals surface area contributed by atoms with Gasteiger partial charge in [-0.25, -0.2) is 14.2 Å². The van der Waals surface area contributed by atoms with Crippen LogP contribution in [0.25, 0.3) is 16.3 Å². The van der Waals surface area contributed by atoms with Crippen molar-refractivity contribution < 1.29 is 9.13 Å². The molecule has 0 bridgehead atoms. The highest BCUT2D eigenvalue weighted by atomic mass is 32.1. The molecule has 0 amide bonds. The Hall–Kier alpha value is -3.34. The molecule has 0 unspecified atom stereocenters. The van der Waals surface area contributed by atoms with E-state index in [-0.39, 0.29) is 23.7 Å². The average Bonchev–Trinajstić information content (AvgIpc) is 3.40. The number of hydrogen-bond donors (Lipinski definition) is 0. The van der Waals surface area contributed by atoms with Gasteiger partial charge in [-0.1, -0.05) is 0 Å². The maximum atomic E-state index is 13.1. The lowest BCUT2D eigenvalue weighted by atomic mass is 10.1. The van der Waals surface area contributed by atoms with E-state index in [0.717, 1.165) is 15.3 Å². The molecular formula is C19H20FN7O2S. The summed E-state index contributed by atoms with van der Waals surface area (Å²) in [5, 5.41) is 14.6. The van der Waals surface area contributed by atoms with E-state index in [9.17, 15) is 9.18 Å². The third kappa shape index (κ3) is 3.75. The molecule has 0 N–H and O–H groups in total. The van der Waals surface area contributed by atoms with Crippen LogP contribution in [0.5, 0.6) is 5.88 Å². The second-order valence-corrected chi connectivity index (χ2v) is 8.50. The fourth-order valence-electron chi connectivity index (χ4n) is 2.91. The standard InChI is InChI=1S/C19H20FN7O2S/c1-19(2,3)27-15(14(9-21-27)26-18(28)25(4)23-24-26)10-29-16-11-30-17(22-16)12-5-7-13(20)8-6-12/h5-9,11H,10H2,1-4H3. The number of hydrogen-bond acceptors (Lipinski definition) is 7. The molecule has 0 atom stereocenters. The molecule has 1 aromatic carbocycles. The van der Waals surface area contributed by atoms with Crippen molar-refractivity contribution >= 4 is 11.3 Å². The molecule has 156 valence electrons. The number of nitrogens with zero attached hydrogens (tertiary/aromatic N) is 7. The number of aromatic nitrogens is 7. The van der Waals surface area contributed by atoms with Crippen LogP contribution in [0.15, 0.2) is 40.6 Å². The van der Waals surface area contributed by atoms with E-state index in [1.165, 1.54) is 35.2 Å². The number of thiazole rings is 1. The second-order valence-electron chi connectivity index (χ2n) is 7.64. The first-order chi connectivity index (χ1) is 14.2. The summed E-state index contributed by atoms with van der Waals surface area (Å²) in [6.07, 6.45) is 1.57. The molecule has 3 aromatic heterocycles. The fourth-order valence-corrected chi connectivity index (χ4v) is 3.66. The van der Waals surface area contributed by atoms with Crippen molar-refractivity contribution in [2.45, 2.75) is 32.9 Å². The molecule has 0 aliphatic rings. The number of tetrazole rings is 1. The van der Waals surface area contributed by atoms with Crippen LogP contribution in [0.1, 0.15) is 26.5 Å². The van der Waals surface area contributed by atoms with Gasteiger partial charge in [0.15, 0.2) is 0 Å². The van der Waals surface area contributed by atoms with Crippen molar-refractivity contribution in [1.29, 1.82) is 0 Å². The second kappa shape index (κ2) is 7.48. The summed E-state index contributed by atoms with van der Waals surface area (Å²) in [4.78, 5) is 16.8. The van der Waals surface area contributed by atoms with Crippen molar-refractivity contribution in [2.75, 3.05) is 0 Å². The molecule has 4 aromatic rings. The third-order valence-corrected chi connectivity index (χ3v) is 5.23. The van der Waals surface area contributed by atoms with Crippen molar-refractivity contribution in [3.05, 3.63) is 57.8 Å². The monoisotopic (exact) mass is 429 g/mol. The van der Waals surface area contributed by atoms with Crippen LogP contribution in [0, 0.1) is 5.82 Å². The Morgan fingerprint density at radius 2 is 1.90 bits per heavy atom. The lowest BCUT2D eigenvalue weighted by Gasteiger charge is -2.22. The van der Waals surface area contributed by atoms with Crippen molar-refractivity contribution in [1.82, 2.24) is 34.6 Å². The summed E-state index contributed by atoms with van der Waals surface area (Å²) in [6, 6.07) is 6.13. The van der Waals surface area contributed by atoms with Gasteiger partial charge < -0.3 is 4.74 Å². The van der Waals surface area contributed by atoms with E-state index in [1.807, 2.05) is 20.8 Å². The van der Waals surface area contributed by atoms with Crippen LogP contribution in [0.2, 0.25) is 0 Å². The molecule has 4 rings (SSSR count). The molecule has 9 nitrogen and oxygen atoms in total. The molecule has 0 aliphatic heterocycles. The van der Waals surface area contributed by atoms with E-state index in [2.05, 4.69) is 20.5 Å². The molecule has 3 heterocycles. The van der Waals surface area contributed by atoms with E-state index in [0.29, 0.717) is 17.3 Å². The van der Waals surface area contributed by atoms with Crippen molar-refractivity contribution in [3.63, 3.8) is 0 Å².